The number of carboxylic acid groups (broad SMARTS) is 1. The first kappa shape index (κ1) is 12.6. The lowest BCUT2D eigenvalue weighted by Gasteiger charge is -2.08. The molecule has 4 heteroatoms. The lowest BCUT2D eigenvalue weighted by atomic mass is 9.99. The highest BCUT2D eigenvalue weighted by Crippen LogP contribution is 2.27. The third kappa shape index (κ3) is 2.11. The van der Waals surface area contributed by atoms with Crippen molar-refractivity contribution < 1.29 is 9.90 Å². The maximum Gasteiger partial charge on any atom is 0.320 e. The molecule has 1 aromatic heterocycles. The Morgan fingerprint density at radius 2 is 2.06 bits per heavy atom. The van der Waals surface area contributed by atoms with Gasteiger partial charge in [0.05, 0.1) is 0 Å². The van der Waals surface area contributed by atoms with Crippen molar-refractivity contribution in [2.75, 3.05) is 0 Å². The highest BCUT2D eigenvalue weighted by atomic mass is 16.4. The van der Waals surface area contributed by atoms with Crippen LogP contribution < -0.4 is 5.73 Å². The fourth-order valence-electron chi connectivity index (χ4n) is 2.49. The second-order valence-electron chi connectivity index (χ2n) is 4.88. The Kier molecular flexibility index (Phi) is 3.13. The lowest BCUT2D eigenvalue weighted by Crippen LogP contribution is -2.32. The third-order valence-electron chi connectivity index (χ3n) is 3.30. The maximum absolute atomic E-state index is 10.9. The molecule has 1 atom stereocenters. The summed E-state index contributed by atoms with van der Waals surface area (Å²) in [6.45, 7) is 6.04. The minimum Gasteiger partial charge on any atom is -0.480 e. The Balaban J connectivity index is 2.57. The number of rotatable bonds is 3. The van der Waals surface area contributed by atoms with Gasteiger partial charge in [-0.2, -0.15) is 0 Å². The summed E-state index contributed by atoms with van der Waals surface area (Å²) < 4.78 is 0. The molecule has 0 aliphatic carbocycles. The van der Waals surface area contributed by atoms with Crippen molar-refractivity contribution in [3.63, 3.8) is 0 Å². The van der Waals surface area contributed by atoms with Crippen molar-refractivity contribution in [3.05, 3.63) is 34.5 Å². The van der Waals surface area contributed by atoms with Gasteiger partial charge in [0.25, 0.3) is 0 Å². The molecule has 96 valence electrons. The van der Waals surface area contributed by atoms with Crippen LogP contribution in [0.25, 0.3) is 10.9 Å². The molecule has 1 heterocycles. The molecule has 2 rings (SSSR count). The zero-order valence-electron chi connectivity index (χ0n) is 10.9. The number of benzene rings is 1. The number of aromatic amines is 1. The van der Waals surface area contributed by atoms with Crippen molar-refractivity contribution in [3.8, 4) is 0 Å². The number of nitrogens with two attached hydrogens (primary N) is 1. The third-order valence-corrected chi connectivity index (χ3v) is 3.30. The van der Waals surface area contributed by atoms with Gasteiger partial charge in [0.1, 0.15) is 6.04 Å². The van der Waals surface area contributed by atoms with E-state index >= 15 is 0 Å². The van der Waals surface area contributed by atoms with E-state index in [1.165, 1.54) is 5.56 Å². The number of aliphatic carboxylic acids is 1. The van der Waals surface area contributed by atoms with Gasteiger partial charge in [0.15, 0.2) is 0 Å². The Hall–Kier alpha value is -1.81. The Morgan fingerprint density at radius 3 is 2.67 bits per heavy atom. The van der Waals surface area contributed by atoms with Gasteiger partial charge in [0, 0.05) is 23.0 Å². The summed E-state index contributed by atoms with van der Waals surface area (Å²) >= 11 is 0. The summed E-state index contributed by atoms with van der Waals surface area (Å²) in [6, 6.07) is 3.32. The van der Waals surface area contributed by atoms with Crippen LogP contribution >= 0.6 is 0 Å². The monoisotopic (exact) mass is 246 g/mol. The molecular weight excluding hydrogens is 228 g/mol. The number of H-pyrrole nitrogens is 1. The number of carboxylic acids is 1. The molecule has 2 aromatic rings. The summed E-state index contributed by atoms with van der Waals surface area (Å²) in [5.74, 6) is -0.964. The van der Waals surface area contributed by atoms with Crippen LogP contribution in [0.5, 0.6) is 0 Å². The van der Waals surface area contributed by atoms with E-state index < -0.39 is 12.0 Å². The van der Waals surface area contributed by atoms with E-state index in [-0.39, 0.29) is 0 Å². The summed E-state index contributed by atoms with van der Waals surface area (Å²) in [7, 11) is 0. The molecule has 0 aliphatic rings. The first-order valence-corrected chi connectivity index (χ1v) is 5.97. The molecule has 0 fully saturated rings. The minimum atomic E-state index is -0.964. The first-order chi connectivity index (χ1) is 8.40. The topological polar surface area (TPSA) is 79.1 Å². The van der Waals surface area contributed by atoms with Gasteiger partial charge in [0.2, 0.25) is 0 Å². The molecule has 0 aliphatic heterocycles. The van der Waals surface area contributed by atoms with E-state index in [1.807, 2.05) is 20.8 Å². The van der Waals surface area contributed by atoms with Gasteiger partial charge in [-0.1, -0.05) is 6.07 Å². The predicted octanol–water partition coefficient (Wildman–Crippen LogP) is 2.05. The quantitative estimate of drug-likeness (QED) is 0.775. The van der Waals surface area contributed by atoms with Crippen LogP contribution in [0.3, 0.4) is 0 Å². The number of nitrogens with one attached hydrogen (secondary N) is 1. The summed E-state index contributed by atoms with van der Waals surface area (Å²) in [5.41, 5.74) is 11.0. The van der Waals surface area contributed by atoms with Crippen LogP contribution in [0.4, 0.5) is 0 Å². The fraction of sp³-hybridized carbons (Fsp3) is 0.357. The summed E-state index contributed by atoms with van der Waals surface area (Å²) in [6.07, 6.45) is 0.352. The van der Waals surface area contributed by atoms with E-state index in [9.17, 15) is 4.79 Å². The number of fused-ring (bicyclic) bond motifs is 1. The second kappa shape index (κ2) is 4.46. The maximum atomic E-state index is 10.9. The number of carbonyl (C=O) groups is 1. The zero-order chi connectivity index (χ0) is 13.4. The van der Waals surface area contributed by atoms with Gasteiger partial charge in [-0.15, -0.1) is 0 Å². The molecule has 0 saturated heterocycles. The molecule has 4 N–H and O–H groups in total. The molecule has 0 radical (unpaired) electrons. The number of hydrogen-bond acceptors (Lipinski definition) is 2. The molecule has 4 nitrogen and oxygen atoms in total. The Morgan fingerprint density at radius 1 is 1.39 bits per heavy atom. The fourth-order valence-corrected chi connectivity index (χ4v) is 2.49. The molecule has 18 heavy (non-hydrogen) atoms. The smallest absolute Gasteiger partial charge is 0.320 e. The highest BCUT2D eigenvalue weighted by Gasteiger charge is 2.18. The van der Waals surface area contributed by atoms with Crippen LogP contribution in [0, 0.1) is 20.8 Å². The molecule has 1 aromatic carbocycles. The zero-order valence-corrected chi connectivity index (χ0v) is 10.9. The Labute approximate surface area is 106 Å². The van der Waals surface area contributed by atoms with Crippen molar-refractivity contribution >= 4 is 16.9 Å². The molecule has 0 bridgehead atoms. The van der Waals surface area contributed by atoms with Crippen LogP contribution in [0.1, 0.15) is 22.4 Å². The standard InChI is InChI=1S/C14H18N2O2/c1-7-4-8(2)13-10(6-11(15)14(17)18)9(3)16-12(13)5-7/h4-5,11,16H,6,15H2,1-3H3,(H,17,18). The number of hydrogen-bond donors (Lipinski definition) is 3. The normalized spacial score (nSPS) is 12.9. The average molecular weight is 246 g/mol. The van der Waals surface area contributed by atoms with Gasteiger partial charge in [-0.05, 0) is 43.5 Å². The molecule has 0 spiro atoms. The number of aryl methyl sites for hydroxylation is 3. The van der Waals surface area contributed by atoms with E-state index in [0.717, 1.165) is 27.7 Å². The predicted molar refractivity (Wildman–Crippen MR) is 71.8 cm³/mol. The van der Waals surface area contributed by atoms with Crippen molar-refractivity contribution in [2.24, 2.45) is 5.73 Å². The first-order valence-electron chi connectivity index (χ1n) is 5.97. The van der Waals surface area contributed by atoms with E-state index in [2.05, 4.69) is 17.1 Å². The molecule has 0 amide bonds. The SMILES string of the molecule is Cc1cc(C)c2c(CC(N)C(=O)O)c(C)[nH]c2c1. The average Bonchev–Trinajstić information content (AvgIpc) is 2.54. The van der Waals surface area contributed by atoms with E-state index in [0.29, 0.717) is 6.42 Å². The van der Waals surface area contributed by atoms with Crippen LogP contribution in [-0.2, 0) is 11.2 Å². The Bertz CT molecular complexity index is 614. The minimum absolute atomic E-state index is 0.352. The van der Waals surface area contributed by atoms with Crippen LogP contribution in [0.15, 0.2) is 12.1 Å². The van der Waals surface area contributed by atoms with Gasteiger partial charge in [-0.3, -0.25) is 4.79 Å². The van der Waals surface area contributed by atoms with E-state index in [4.69, 9.17) is 10.8 Å². The summed E-state index contributed by atoms with van der Waals surface area (Å²) in [4.78, 5) is 14.2. The largest absolute Gasteiger partial charge is 0.480 e. The van der Waals surface area contributed by atoms with E-state index in [1.54, 1.807) is 0 Å². The second-order valence-corrected chi connectivity index (χ2v) is 4.88. The lowest BCUT2D eigenvalue weighted by molar-refractivity contribution is -0.138. The summed E-state index contributed by atoms with van der Waals surface area (Å²) in [5, 5.41) is 10.0. The molecular formula is C14H18N2O2. The van der Waals surface area contributed by atoms with Crippen LogP contribution in [-0.4, -0.2) is 22.1 Å². The van der Waals surface area contributed by atoms with Gasteiger partial charge < -0.3 is 15.8 Å². The molecule has 1 unspecified atom stereocenters. The van der Waals surface area contributed by atoms with Gasteiger partial charge >= 0.3 is 5.97 Å². The van der Waals surface area contributed by atoms with Crippen molar-refractivity contribution in [1.29, 1.82) is 0 Å². The van der Waals surface area contributed by atoms with Crippen molar-refractivity contribution in [2.45, 2.75) is 33.2 Å². The molecule has 0 saturated carbocycles. The highest BCUT2D eigenvalue weighted by molar-refractivity contribution is 5.89. The van der Waals surface area contributed by atoms with Crippen LogP contribution in [0.2, 0.25) is 0 Å². The van der Waals surface area contributed by atoms with Gasteiger partial charge in [-0.25, -0.2) is 0 Å². The van der Waals surface area contributed by atoms with Crippen molar-refractivity contribution in [1.82, 2.24) is 4.98 Å². The number of aromatic nitrogens is 1.